The molecule has 0 spiro atoms. The number of nitro groups is 1. The van der Waals surface area contributed by atoms with Crippen molar-refractivity contribution in [2.45, 2.75) is 25.8 Å². The lowest BCUT2D eigenvalue weighted by Crippen LogP contribution is -2.07. The van der Waals surface area contributed by atoms with E-state index in [0.29, 0.717) is 23.0 Å². The second-order valence-corrected chi connectivity index (χ2v) is 4.95. The predicted molar refractivity (Wildman–Crippen MR) is 78.6 cm³/mol. The fourth-order valence-electron chi connectivity index (χ4n) is 2.12. The van der Waals surface area contributed by atoms with Gasteiger partial charge in [-0.05, 0) is 19.9 Å². The molecule has 1 aromatic heterocycles. The molecule has 0 saturated carbocycles. The lowest BCUT2D eigenvalue weighted by atomic mass is 10.1. The van der Waals surface area contributed by atoms with Crippen molar-refractivity contribution in [3.05, 3.63) is 34.1 Å². The van der Waals surface area contributed by atoms with Crippen molar-refractivity contribution in [3.8, 4) is 17.1 Å². The van der Waals surface area contributed by atoms with E-state index in [2.05, 4.69) is 10.2 Å². The molecular weight excluding hydrogens is 296 g/mol. The molecule has 0 fully saturated rings. The van der Waals surface area contributed by atoms with Gasteiger partial charge < -0.3 is 9.30 Å². The van der Waals surface area contributed by atoms with Gasteiger partial charge in [-0.25, -0.2) is 0 Å². The molecule has 2 rings (SSSR count). The second kappa shape index (κ2) is 6.09. The minimum absolute atomic E-state index is 0.0382. The van der Waals surface area contributed by atoms with E-state index in [1.165, 1.54) is 19.2 Å². The number of methoxy groups -OCH3 is 1. The van der Waals surface area contributed by atoms with Gasteiger partial charge >= 0.3 is 0 Å². The standard InChI is InChI=1S/C13H15ClN4O3/c1-8(2)17-12(7-14)15-16-13(17)10-5-4-9(18(19)20)6-11(10)21-3/h4-6,8H,7H2,1-3H3. The predicted octanol–water partition coefficient (Wildman–Crippen LogP) is 3.18. The summed E-state index contributed by atoms with van der Waals surface area (Å²) in [6.07, 6.45) is 0. The zero-order valence-corrected chi connectivity index (χ0v) is 12.7. The minimum Gasteiger partial charge on any atom is -0.496 e. The number of halogens is 1. The van der Waals surface area contributed by atoms with E-state index in [-0.39, 0.29) is 17.6 Å². The van der Waals surface area contributed by atoms with Gasteiger partial charge in [-0.2, -0.15) is 0 Å². The van der Waals surface area contributed by atoms with Crippen molar-refractivity contribution in [2.24, 2.45) is 0 Å². The molecule has 2 aromatic rings. The first-order valence-electron chi connectivity index (χ1n) is 6.32. The third-order valence-corrected chi connectivity index (χ3v) is 3.28. The van der Waals surface area contributed by atoms with E-state index in [9.17, 15) is 10.1 Å². The molecule has 0 aliphatic carbocycles. The number of alkyl halides is 1. The van der Waals surface area contributed by atoms with Gasteiger partial charge in [-0.3, -0.25) is 10.1 Å². The minimum atomic E-state index is -0.469. The molecule has 1 heterocycles. The van der Waals surface area contributed by atoms with Crippen LogP contribution in [0.2, 0.25) is 0 Å². The summed E-state index contributed by atoms with van der Waals surface area (Å²) in [6.45, 7) is 3.97. The van der Waals surface area contributed by atoms with Crippen LogP contribution in [-0.2, 0) is 5.88 Å². The van der Waals surface area contributed by atoms with Gasteiger partial charge in [0.05, 0.1) is 29.5 Å². The van der Waals surface area contributed by atoms with Gasteiger partial charge in [0.2, 0.25) is 0 Å². The molecule has 8 heteroatoms. The van der Waals surface area contributed by atoms with Crippen LogP contribution in [0.25, 0.3) is 11.4 Å². The number of benzene rings is 1. The molecule has 0 atom stereocenters. The summed E-state index contributed by atoms with van der Waals surface area (Å²) < 4.78 is 7.14. The smallest absolute Gasteiger partial charge is 0.273 e. The molecule has 1 aromatic carbocycles. The van der Waals surface area contributed by atoms with Crippen molar-refractivity contribution in [1.82, 2.24) is 14.8 Å². The van der Waals surface area contributed by atoms with Crippen LogP contribution in [0.5, 0.6) is 5.75 Å². The Labute approximate surface area is 126 Å². The third kappa shape index (κ3) is 2.82. The topological polar surface area (TPSA) is 83.1 Å². The van der Waals surface area contributed by atoms with Gasteiger partial charge in [0.15, 0.2) is 5.82 Å². The molecule has 0 aliphatic heterocycles. The Morgan fingerprint density at radius 2 is 2.14 bits per heavy atom. The number of ether oxygens (including phenoxy) is 1. The summed E-state index contributed by atoms with van der Waals surface area (Å²) >= 11 is 5.87. The Balaban J connectivity index is 2.61. The highest BCUT2D eigenvalue weighted by molar-refractivity contribution is 6.16. The fourth-order valence-corrected chi connectivity index (χ4v) is 2.30. The van der Waals surface area contributed by atoms with Crippen molar-refractivity contribution in [3.63, 3.8) is 0 Å². The lowest BCUT2D eigenvalue weighted by Gasteiger charge is -2.14. The van der Waals surface area contributed by atoms with Crippen LogP contribution in [0.15, 0.2) is 18.2 Å². The highest BCUT2D eigenvalue weighted by atomic mass is 35.5. The molecule has 0 saturated heterocycles. The molecule has 0 bridgehead atoms. The highest BCUT2D eigenvalue weighted by Crippen LogP contribution is 2.33. The van der Waals surface area contributed by atoms with Crippen LogP contribution in [0.1, 0.15) is 25.7 Å². The summed E-state index contributed by atoms with van der Waals surface area (Å²) in [5.74, 6) is 1.83. The van der Waals surface area contributed by atoms with E-state index in [1.54, 1.807) is 6.07 Å². The summed E-state index contributed by atoms with van der Waals surface area (Å²) in [4.78, 5) is 10.4. The van der Waals surface area contributed by atoms with Crippen LogP contribution >= 0.6 is 11.6 Å². The molecule has 0 aliphatic rings. The van der Waals surface area contributed by atoms with Gasteiger partial charge in [0, 0.05) is 12.1 Å². The van der Waals surface area contributed by atoms with Gasteiger partial charge in [-0.15, -0.1) is 21.8 Å². The number of hydrogen-bond donors (Lipinski definition) is 0. The SMILES string of the molecule is COc1cc([N+](=O)[O-])ccc1-c1nnc(CCl)n1C(C)C. The zero-order valence-electron chi connectivity index (χ0n) is 11.9. The Hall–Kier alpha value is -2.15. The van der Waals surface area contributed by atoms with Crippen molar-refractivity contribution < 1.29 is 9.66 Å². The molecular formula is C13H15ClN4O3. The summed E-state index contributed by atoms with van der Waals surface area (Å²) in [5, 5.41) is 19.0. The maximum atomic E-state index is 10.8. The first-order valence-corrected chi connectivity index (χ1v) is 6.85. The lowest BCUT2D eigenvalue weighted by molar-refractivity contribution is -0.384. The van der Waals surface area contributed by atoms with Crippen LogP contribution in [0.3, 0.4) is 0 Å². The van der Waals surface area contributed by atoms with Gasteiger partial charge in [0.25, 0.3) is 5.69 Å². The maximum Gasteiger partial charge on any atom is 0.273 e. The highest BCUT2D eigenvalue weighted by Gasteiger charge is 2.20. The summed E-state index contributed by atoms with van der Waals surface area (Å²) in [7, 11) is 1.46. The monoisotopic (exact) mass is 310 g/mol. The maximum absolute atomic E-state index is 10.8. The number of rotatable bonds is 5. The molecule has 21 heavy (non-hydrogen) atoms. The molecule has 0 amide bonds. The first-order chi connectivity index (χ1) is 9.99. The largest absolute Gasteiger partial charge is 0.496 e. The van der Waals surface area contributed by atoms with Crippen molar-refractivity contribution >= 4 is 17.3 Å². The number of nitrogens with zero attached hydrogens (tertiary/aromatic N) is 4. The Morgan fingerprint density at radius 3 is 2.67 bits per heavy atom. The molecule has 0 radical (unpaired) electrons. The molecule has 0 unspecified atom stereocenters. The van der Waals surface area contributed by atoms with E-state index < -0.39 is 4.92 Å². The fraction of sp³-hybridized carbons (Fsp3) is 0.385. The van der Waals surface area contributed by atoms with Crippen LogP contribution in [0.4, 0.5) is 5.69 Å². The first kappa shape index (κ1) is 15.2. The number of hydrogen-bond acceptors (Lipinski definition) is 5. The van der Waals surface area contributed by atoms with Gasteiger partial charge in [-0.1, -0.05) is 0 Å². The summed E-state index contributed by atoms with van der Waals surface area (Å²) in [5.41, 5.74) is 0.601. The molecule has 7 nitrogen and oxygen atoms in total. The van der Waals surface area contributed by atoms with Crippen LogP contribution in [-0.4, -0.2) is 26.8 Å². The van der Waals surface area contributed by atoms with E-state index in [4.69, 9.17) is 16.3 Å². The quantitative estimate of drug-likeness (QED) is 0.481. The molecule has 112 valence electrons. The normalized spacial score (nSPS) is 10.9. The van der Waals surface area contributed by atoms with Crippen molar-refractivity contribution in [2.75, 3.05) is 7.11 Å². The number of aromatic nitrogens is 3. The molecule has 0 N–H and O–H groups in total. The number of nitro benzene ring substituents is 1. The zero-order chi connectivity index (χ0) is 15.6. The van der Waals surface area contributed by atoms with E-state index in [0.717, 1.165) is 0 Å². The second-order valence-electron chi connectivity index (χ2n) is 4.68. The third-order valence-electron chi connectivity index (χ3n) is 3.04. The average molecular weight is 311 g/mol. The van der Waals surface area contributed by atoms with Crippen LogP contribution < -0.4 is 4.74 Å². The summed E-state index contributed by atoms with van der Waals surface area (Å²) in [6, 6.07) is 4.49. The Morgan fingerprint density at radius 1 is 1.43 bits per heavy atom. The number of non-ortho nitro benzene ring substituents is 1. The Kier molecular flexibility index (Phi) is 4.42. The average Bonchev–Trinajstić information content (AvgIpc) is 2.90. The Bertz CT molecular complexity index is 669. The van der Waals surface area contributed by atoms with E-state index >= 15 is 0 Å². The van der Waals surface area contributed by atoms with Crippen molar-refractivity contribution in [1.29, 1.82) is 0 Å². The van der Waals surface area contributed by atoms with Gasteiger partial charge in [0.1, 0.15) is 11.6 Å². The van der Waals surface area contributed by atoms with Crippen LogP contribution in [0, 0.1) is 10.1 Å². The van der Waals surface area contributed by atoms with E-state index in [1.807, 2.05) is 18.4 Å².